The molecule has 0 aromatic carbocycles. The van der Waals surface area contributed by atoms with Gasteiger partial charge in [-0.3, -0.25) is 28.8 Å². The average Bonchev–Trinajstić information content (AvgIpc) is 2.75. The first-order valence-electron chi connectivity index (χ1n) is 11.9. The van der Waals surface area contributed by atoms with Crippen LogP contribution in [0.5, 0.6) is 0 Å². The highest BCUT2D eigenvalue weighted by molar-refractivity contribution is 5.86. The van der Waals surface area contributed by atoms with Gasteiger partial charge in [0.05, 0.1) is 0 Å². The highest BCUT2D eigenvalue weighted by Crippen LogP contribution is 2.01. The molecule has 5 amide bonds. The molecule has 0 aliphatic rings. The molecule has 0 aliphatic heterocycles. The third kappa shape index (κ3) is 18.6. The Morgan fingerprint density at radius 1 is 0.471 bits per heavy atom. The molecule has 0 saturated carbocycles. The second-order valence-electron chi connectivity index (χ2n) is 8.72. The summed E-state index contributed by atoms with van der Waals surface area (Å²) in [7, 11) is 0. The lowest BCUT2D eigenvalue weighted by atomic mass is 10.0. The van der Waals surface area contributed by atoms with E-state index in [1.54, 1.807) is 13.8 Å². The third-order valence-electron chi connectivity index (χ3n) is 4.65. The van der Waals surface area contributed by atoms with Crippen LogP contribution < -0.4 is 26.6 Å². The maximum Gasteiger partial charge on any atom is 0.221 e. The van der Waals surface area contributed by atoms with Crippen LogP contribution in [0.15, 0.2) is 0 Å². The van der Waals surface area contributed by atoms with Gasteiger partial charge in [-0.25, -0.2) is 0 Å². The first-order valence-corrected chi connectivity index (χ1v) is 11.9. The summed E-state index contributed by atoms with van der Waals surface area (Å²) in [5, 5.41) is 13.2. The smallest absolute Gasteiger partial charge is 0.221 e. The van der Waals surface area contributed by atoms with Crippen LogP contribution in [0, 0.1) is 11.8 Å². The number of amides is 5. The first-order chi connectivity index (χ1) is 16.0. The highest BCUT2D eigenvalue weighted by Gasteiger charge is 2.11. The van der Waals surface area contributed by atoms with Crippen LogP contribution in [0.4, 0.5) is 0 Å². The Labute approximate surface area is 201 Å². The zero-order chi connectivity index (χ0) is 25.9. The lowest BCUT2D eigenvalue weighted by Crippen LogP contribution is -2.35. The number of nitrogens with one attached hydrogen (secondary N) is 5. The molecule has 0 saturated heterocycles. The largest absolute Gasteiger partial charge is 0.356 e. The zero-order valence-corrected chi connectivity index (χ0v) is 20.9. The van der Waals surface area contributed by atoms with E-state index in [1.807, 2.05) is 13.8 Å². The van der Waals surface area contributed by atoms with Crippen molar-refractivity contribution in [2.75, 3.05) is 32.7 Å². The Bertz CT molecular complexity index is 693. The van der Waals surface area contributed by atoms with Gasteiger partial charge in [-0.05, 0) is 5.92 Å². The van der Waals surface area contributed by atoms with E-state index in [9.17, 15) is 28.8 Å². The topological polar surface area (TPSA) is 163 Å². The molecular formula is C23H41N5O6. The molecule has 0 atom stereocenters. The second kappa shape index (κ2) is 18.4. The lowest BCUT2D eigenvalue weighted by Gasteiger charge is -2.09. The maximum absolute atomic E-state index is 11.8. The van der Waals surface area contributed by atoms with Crippen molar-refractivity contribution in [1.82, 2.24) is 26.6 Å². The Morgan fingerprint density at radius 2 is 0.794 bits per heavy atom. The lowest BCUT2D eigenvalue weighted by molar-refractivity contribution is -0.127. The van der Waals surface area contributed by atoms with Crippen LogP contribution in [0.1, 0.15) is 66.2 Å². The molecule has 0 bridgehead atoms. The van der Waals surface area contributed by atoms with Crippen molar-refractivity contribution in [3.05, 3.63) is 0 Å². The SMILES string of the molecule is CC(C)CNC(=O)CCNC(=O)CCNC(=O)CCNC(=O)CCNC(=O)CCC(=O)C(C)C. The summed E-state index contributed by atoms with van der Waals surface area (Å²) in [6, 6.07) is 0. The number of carbonyl (C=O) groups is 6. The van der Waals surface area contributed by atoms with E-state index in [0.29, 0.717) is 12.5 Å². The van der Waals surface area contributed by atoms with Crippen LogP contribution in [-0.2, 0) is 28.8 Å². The van der Waals surface area contributed by atoms with E-state index >= 15 is 0 Å². The minimum absolute atomic E-state index is 0.0216. The quantitative estimate of drug-likeness (QED) is 0.181. The van der Waals surface area contributed by atoms with Crippen LogP contribution in [-0.4, -0.2) is 68.0 Å². The Hall–Kier alpha value is -2.98. The van der Waals surface area contributed by atoms with E-state index in [0.717, 1.165) is 0 Å². The number of ketones is 1. The molecular weight excluding hydrogens is 442 g/mol. The molecule has 0 fully saturated rings. The standard InChI is InChI=1S/C23H41N5O6/c1-16(2)15-28-23(34)10-14-27-22(33)9-13-26-21(32)8-12-25-20(31)7-11-24-19(30)6-5-18(29)17(3)4/h16-17H,5-15H2,1-4H3,(H,24,30)(H,25,31)(H,26,32)(H,27,33)(H,28,34). The van der Waals surface area contributed by atoms with Gasteiger partial charge in [-0.1, -0.05) is 27.7 Å². The van der Waals surface area contributed by atoms with E-state index in [4.69, 9.17) is 0 Å². The fraction of sp³-hybridized carbons (Fsp3) is 0.739. The van der Waals surface area contributed by atoms with Gasteiger partial charge in [0.2, 0.25) is 29.5 Å². The fourth-order valence-corrected chi connectivity index (χ4v) is 2.55. The molecule has 0 heterocycles. The molecule has 0 aromatic heterocycles. The van der Waals surface area contributed by atoms with Gasteiger partial charge in [-0.15, -0.1) is 0 Å². The van der Waals surface area contributed by atoms with Gasteiger partial charge < -0.3 is 26.6 Å². The molecule has 0 unspecified atom stereocenters. The normalized spacial score (nSPS) is 10.5. The maximum atomic E-state index is 11.8. The summed E-state index contributed by atoms with van der Waals surface area (Å²) in [5.41, 5.74) is 0. The summed E-state index contributed by atoms with van der Waals surface area (Å²) in [6.45, 7) is 8.83. The molecule has 34 heavy (non-hydrogen) atoms. The van der Waals surface area contributed by atoms with Crippen LogP contribution in [0.3, 0.4) is 0 Å². The molecule has 11 nitrogen and oxygen atoms in total. The number of carbonyl (C=O) groups excluding carboxylic acids is 6. The van der Waals surface area contributed by atoms with E-state index in [-0.39, 0.29) is 106 Å². The minimum Gasteiger partial charge on any atom is -0.356 e. The van der Waals surface area contributed by atoms with Gasteiger partial charge in [0.25, 0.3) is 0 Å². The monoisotopic (exact) mass is 483 g/mol. The van der Waals surface area contributed by atoms with Gasteiger partial charge >= 0.3 is 0 Å². The molecule has 0 rings (SSSR count). The Kier molecular flexibility index (Phi) is 16.8. The number of hydrogen-bond donors (Lipinski definition) is 5. The highest BCUT2D eigenvalue weighted by atomic mass is 16.2. The third-order valence-corrected chi connectivity index (χ3v) is 4.65. The van der Waals surface area contributed by atoms with Crippen molar-refractivity contribution >= 4 is 35.3 Å². The number of hydrogen-bond acceptors (Lipinski definition) is 6. The van der Waals surface area contributed by atoms with Crippen LogP contribution in [0.2, 0.25) is 0 Å². The molecule has 5 N–H and O–H groups in total. The Balaban J connectivity index is 3.72. The molecule has 11 heteroatoms. The van der Waals surface area contributed by atoms with E-state index < -0.39 is 0 Å². The molecule has 194 valence electrons. The summed E-state index contributed by atoms with van der Waals surface area (Å²) in [6.07, 6.45) is 0.709. The van der Waals surface area contributed by atoms with Crippen molar-refractivity contribution in [2.24, 2.45) is 11.8 Å². The van der Waals surface area contributed by atoms with Crippen LogP contribution >= 0.6 is 0 Å². The second-order valence-corrected chi connectivity index (χ2v) is 8.72. The van der Waals surface area contributed by atoms with Gasteiger partial charge in [0, 0.05) is 77.2 Å². The van der Waals surface area contributed by atoms with Crippen molar-refractivity contribution in [3.8, 4) is 0 Å². The van der Waals surface area contributed by atoms with Crippen molar-refractivity contribution in [1.29, 1.82) is 0 Å². The van der Waals surface area contributed by atoms with E-state index in [2.05, 4.69) is 26.6 Å². The van der Waals surface area contributed by atoms with Crippen molar-refractivity contribution in [2.45, 2.75) is 66.2 Å². The number of Topliss-reactive ketones (excluding diaryl/α,β-unsaturated/α-hetero) is 1. The first kappa shape index (κ1) is 31.0. The predicted molar refractivity (Wildman–Crippen MR) is 127 cm³/mol. The molecule has 0 aliphatic carbocycles. The van der Waals surface area contributed by atoms with Crippen molar-refractivity contribution < 1.29 is 28.8 Å². The van der Waals surface area contributed by atoms with E-state index in [1.165, 1.54) is 0 Å². The minimum atomic E-state index is -0.303. The fourth-order valence-electron chi connectivity index (χ4n) is 2.55. The summed E-state index contributed by atoms with van der Waals surface area (Å²) >= 11 is 0. The summed E-state index contributed by atoms with van der Waals surface area (Å²) < 4.78 is 0. The predicted octanol–water partition coefficient (Wildman–Crippen LogP) is -0.211. The number of rotatable bonds is 18. The van der Waals surface area contributed by atoms with Crippen molar-refractivity contribution in [3.63, 3.8) is 0 Å². The van der Waals surface area contributed by atoms with Crippen LogP contribution in [0.25, 0.3) is 0 Å². The molecule has 0 radical (unpaired) electrons. The summed E-state index contributed by atoms with van der Waals surface area (Å²) in [5.74, 6) is -0.987. The Morgan fingerprint density at radius 3 is 1.12 bits per heavy atom. The average molecular weight is 484 g/mol. The zero-order valence-electron chi connectivity index (χ0n) is 20.9. The van der Waals surface area contributed by atoms with Gasteiger partial charge in [-0.2, -0.15) is 0 Å². The summed E-state index contributed by atoms with van der Waals surface area (Å²) in [4.78, 5) is 70.0. The van der Waals surface area contributed by atoms with Gasteiger partial charge in [0.1, 0.15) is 5.78 Å². The molecule has 0 spiro atoms. The molecule has 0 aromatic rings. The van der Waals surface area contributed by atoms with Gasteiger partial charge in [0.15, 0.2) is 0 Å².